The molecule has 0 atom stereocenters. The molecule has 11 nitrogen and oxygen atoms in total. The fourth-order valence-corrected chi connectivity index (χ4v) is 8.61. The number of benzene rings is 2. The van der Waals surface area contributed by atoms with Crippen molar-refractivity contribution in [2.75, 3.05) is 5.73 Å². The fraction of sp³-hybridized carbons (Fsp3) is 0.163. The third-order valence-corrected chi connectivity index (χ3v) is 11.5. The minimum absolute atomic E-state index is 0.0966. The maximum absolute atomic E-state index is 14.6. The number of nitrogens with two attached hydrogens (primary N) is 1. The number of nitrogens with one attached hydrogen (secondary N) is 2. The Morgan fingerprint density at radius 1 is 0.610 bits per heavy atom. The number of halogens is 3. The number of fused-ring (bicyclic) bond motifs is 2. The number of hydrogen-bond acceptors (Lipinski definition) is 9. The van der Waals surface area contributed by atoms with E-state index in [0.717, 1.165) is 44.3 Å². The van der Waals surface area contributed by atoms with Crippen molar-refractivity contribution in [1.29, 1.82) is 0 Å². The molecule has 304 valence electrons. The number of aryl methyl sites for hydroxylation is 2. The van der Waals surface area contributed by atoms with Crippen LogP contribution < -0.4 is 5.73 Å². The molecule has 16 heteroatoms. The van der Waals surface area contributed by atoms with Crippen LogP contribution in [0.25, 0.3) is 22.1 Å². The van der Waals surface area contributed by atoms with Crippen molar-refractivity contribution in [3.63, 3.8) is 0 Å². The molecule has 0 fully saturated rings. The molecule has 0 unspecified atom stereocenters. The first-order chi connectivity index (χ1) is 28.1. The van der Waals surface area contributed by atoms with Crippen LogP contribution in [0.4, 0.5) is 14.6 Å². The highest BCUT2D eigenvalue weighted by atomic mass is 35.7. The topological polar surface area (TPSA) is 177 Å². The zero-order valence-corrected chi connectivity index (χ0v) is 34.4. The minimum atomic E-state index is -3.44. The average Bonchev–Trinajstić information content (AvgIpc) is 3.77. The van der Waals surface area contributed by atoms with Gasteiger partial charge in [-0.05, 0) is 71.5 Å². The fourth-order valence-electron chi connectivity index (χ4n) is 6.23. The van der Waals surface area contributed by atoms with Crippen LogP contribution in [0.5, 0.6) is 0 Å². The molecule has 0 bridgehead atoms. The van der Waals surface area contributed by atoms with E-state index in [2.05, 4.69) is 29.9 Å². The van der Waals surface area contributed by atoms with Crippen LogP contribution in [-0.4, -0.2) is 46.7 Å². The van der Waals surface area contributed by atoms with Crippen LogP contribution in [0.2, 0.25) is 0 Å². The summed E-state index contributed by atoms with van der Waals surface area (Å²) in [6, 6.07) is 28.3. The van der Waals surface area contributed by atoms with Crippen LogP contribution in [0.3, 0.4) is 0 Å². The molecule has 0 aliphatic carbocycles. The van der Waals surface area contributed by atoms with E-state index in [9.17, 15) is 25.6 Å². The summed E-state index contributed by atoms with van der Waals surface area (Å²) in [7, 11) is -1.81. The van der Waals surface area contributed by atoms with E-state index in [4.69, 9.17) is 16.4 Å². The standard InChI is InChI=1S/C22H20FN3O2S.C14H13FN4.C7H7ClO2S/c1-15-9-20-18(12-25-22(20)24-11-15)10-17-7-8-19(26-21(17)23)14-29(27,28)13-16-5-3-2-4-6-16;1-8-4-11-10(7-18-14(11)17-6-8)5-9-2-3-12(16)19-13(9)15;8-11(9,10)6-7-4-2-1-3-5-7/h2-9,11-12H,10,13-14H2,1H3,(H,24,25);2-4,6-7H,5H2,1H3,(H2,16,19)(H,17,18);1-5H,6H2. The monoisotopic (exact) mass is 855 g/mol. The van der Waals surface area contributed by atoms with Crippen molar-refractivity contribution in [1.82, 2.24) is 29.9 Å². The Morgan fingerprint density at radius 2 is 1.08 bits per heavy atom. The average molecular weight is 856 g/mol. The largest absolute Gasteiger partial charge is 0.384 e. The first-order valence-electron chi connectivity index (χ1n) is 18.2. The Hall–Kier alpha value is -6.03. The van der Waals surface area contributed by atoms with E-state index in [0.29, 0.717) is 35.1 Å². The molecule has 0 spiro atoms. The van der Waals surface area contributed by atoms with Crippen LogP contribution in [0.1, 0.15) is 50.2 Å². The van der Waals surface area contributed by atoms with Crippen molar-refractivity contribution in [3.05, 3.63) is 184 Å². The summed E-state index contributed by atoms with van der Waals surface area (Å²) >= 11 is 0. The van der Waals surface area contributed by atoms with Gasteiger partial charge in [0.05, 0.1) is 23.0 Å². The lowest BCUT2D eigenvalue weighted by molar-refractivity contribution is 0.563. The maximum Gasteiger partial charge on any atom is 0.236 e. The zero-order chi connectivity index (χ0) is 42.2. The third kappa shape index (κ3) is 12.2. The van der Waals surface area contributed by atoms with Gasteiger partial charge in [0.1, 0.15) is 17.1 Å². The van der Waals surface area contributed by atoms with Gasteiger partial charge in [-0.25, -0.2) is 36.8 Å². The molecule has 0 saturated heterocycles. The van der Waals surface area contributed by atoms with E-state index in [1.807, 2.05) is 50.5 Å². The Kier molecular flexibility index (Phi) is 13.5. The summed E-state index contributed by atoms with van der Waals surface area (Å²) in [4.78, 5) is 22.3. The molecular formula is C43H40ClF2N7O4S2. The first kappa shape index (κ1) is 42.6. The number of rotatable bonds is 10. The molecule has 8 aromatic rings. The molecule has 8 rings (SSSR count). The van der Waals surface area contributed by atoms with Crippen molar-refractivity contribution in [2.45, 2.75) is 43.9 Å². The molecule has 0 saturated carbocycles. The third-order valence-electron chi connectivity index (χ3n) is 8.98. The van der Waals surface area contributed by atoms with Gasteiger partial charge in [0.25, 0.3) is 0 Å². The minimum Gasteiger partial charge on any atom is -0.384 e. The second kappa shape index (κ2) is 18.7. The van der Waals surface area contributed by atoms with Gasteiger partial charge in [-0.15, -0.1) is 0 Å². The van der Waals surface area contributed by atoms with Crippen molar-refractivity contribution < 1.29 is 25.6 Å². The highest BCUT2D eigenvalue weighted by molar-refractivity contribution is 8.13. The molecule has 59 heavy (non-hydrogen) atoms. The molecule has 0 aliphatic rings. The quantitative estimate of drug-likeness (QED) is 0.0900. The SMILES string of the molecule is Cc1cnc2[nH]cc(Cc3ccc(CS(=O)(=O)Cc4ccccc4)nc3F)c2c1.Cc1cnc2[nH]cc(Cc3ccc(N)nc3F)c2c1.O=S(=O)(Cl)Cc1ccccc1. The second-order valence-electron chi connectivity index (χ2n) is 13.9. The molecule has 4 N–H and O–H groups in total. The van der Waals surface area contributed by atoms with Crippen LogP contribution in [0.15, 0.2) is 122 Å². The number of sulfone groups is 1. The number of pyridine rings is 4. The first-order valence-corrected chi connectivity index (χ1v) is 22.5. The van der Waals surface area contributed by atoms with Gasteiger partial charge >= 0.3 is 0 Å². The Morgan fingerprint density at radius 3 is 1.56 bits per heavy atom. The lowest BCUT2D eigenvalue weighted by Gasteiger charge is -2.07. The normalized spacial score (nSPS) is 11.5. The number of H-pyrrole nitrogens is 2. The number of aromatic amines is 2. The van der Waals surface area contributed by atoms with Gasteiger partial charge in [0, 0.05) is 70.2 Å². The molecular weight excluding hydrogens is 816 g/mol. The molecule has 0 aliphatic heterocycles. The van der Waals surface area contributed by atoms with Gasteiger partial charge < -0.3 is 15.7 Å². The summed E-state index contributed by atoms with van der Waals surface area (Å²) in [5, 5.41) is 1.95. The van der Waals surface area contributed by atoms with Gasteiger partial charge in [0.2, 0.25) is 20.9 Å². The maximum atomic E-state index is 14.6. The number of anilines is 1. The number of hydrogen-bond donors (Lipinski definition) is 3. The van der Waals surface area contributed by atoms with Gasteiger partial charge in [-0.3, -0.25) is 0 Å². The lowest BCUT2D eigenvalue weighted by atomic mass is 10.1. The summed E-state index contributed by atoms with van der Waals surface area (Å²) in [5.41, 5.74) is 13.6. The van der Waals surface area contributed by atoms with E-state index in [-0.39, 0.29) is 28.8 Å². The van der Waals surface area contributed by atoms with Crippen molar-refractivity contribution in [3.8, 4) is 0 Å². The number of nitrogen functional groups attached to an aromatic ring is 1. The smallest absolute Gasteiger partial charge is 0.236 e. The summed E-state index contributed by atoms with van der Waals surface area (Å²) in [6.45, 7) is 3.94. The highest BCUT2D eigenvalue weighted by Gasteiger charge is 2.17. The van der Waals surface area contributed by atoms with Gasteiger partial charge in [-0.2, -0.15) is 8.78 Å². The molecule has 2 aromatic carbocycles. The molecule has 6 aromatic heterocycles. The zero-order valence-electron chi connectivity index (χ0n) is 32.0. The molecule has 0 amide bonds. The van der Waals surface area contributed by atoms with Crippen LogP contribution in [-0.2, 0) is 49.0 Å². The van der Waals surface area contributed by atoms with Crippen molar-refractivity contribution >= 4 is 57.5 Å². The van der Waals surface area contributed by atoms with Gasteiger partial charge in [-0.1, -0.05) is 72.8 Å². The Balaban J connectivity index is 0.000000166. The van der Waals surface area contributed by atoms with Crippen LogP contribution >= 0.6 is 10.7 Å². The van der Waals surface area contributed by atoms with E-state index < -0.39 is 30.8 Å². The Labute approximate surface area is 345 Å². The van der Waals surface area contributed by atoms with Crippen LogP contribution in [0, 0.1) is 25.7 Å². The second-order valence-corrected chi connectivity index (χ2v) is 18.8. The van der Waals surface area contributed by atoms with E-state index in [1.165, 1.54) is 0 Å². The number of nitrogens with zero attached hydrogens (tertiary/aromatic N) is 4. The highest BCUT2D eigenvalue weighted by Crippen LogP contribution is 2.24. The van der Waals surface area contributed by atoms with Crippen molar-refractivity contribution in [2.24, 2.45) is 0 Å². The lowest BCUT2D eigenvalue weighted by Crippen LogP contribution is -2.10. The van der Waals surface area contributed by atoms with E-state index >= 15 is 0 Å². The predicted molar refractivity (Wildman–Crippen MR) is 228 cm³/mol. The summed E-state index contributed by atoms with van der Waals surface area (Å²) in [6.07, 6.45) is 8.05. The summed E-state index contributed by atoms with van der Waals surface area (Å²) < 4.78 is 74.3. The summed E-state index contributed by atoms with van der Waals surface area (Å²) in [5.74, 6) is -1.47. The predicted octanol–water partition coefficient (Wildman–Crippen LogP) is 8.44. The number of aromatic nitrogens is 6. The van der Waals surface area contributed by atoms with Gasteiger partial charge in [0.15, 0.2) is 9.84 Å². The Bertz CT molecular complexity index is 2930. The molecule has 6 heterocycles. The van der Waals surface area contributed by atoms with E-state index in [1.54, 1.807) is 85.2 Å². The molecule has 0 radical (unpaired) electrons.